The normalized spacial score (nSPS) is 9.50. The van der Waals surface area contributed by atoms with Crippen molar-refractivity contribution in [2.45, 2.75) is 0 Å². The highest BCUT2D eigenvalue weighted by molar-refractivity contribution is 6.06. The molecule has 0 aliphatic heterocycles. The lowest BCUT2D eigenvalue weighted by atomic mass is 10.1. The number of carbonyl (C=O) groups excluding carboxylic acids is 1. The molecule has 14 heavy (non-hydrogen) atoms. The first-order valence-corrected chi connectivity index (χ1v) is 3.57. The van der Waals surface area contributed by atoms with Gasteiger partial charge in [0.2, 0.25) is 0 Å². The number of hydroxylamine groups is 1. The molecule has 0 atom stereocenters. The number of phenols is 1. The summed E-state index contributed by atoms with van der Waals surface area (Å²) in [4.78, 5) is 21.6. The fourth-order valence-electron chi connectivity index (χ4n) is 1.01. The number of hydrogen-bond donors (Lipinski definition) is 4. The third-order valence-corrected chi connectivity index (χ3v) is 1.60. The molecule has 0 bridgehead atoms. The van der Waals surface area contributed by atoms with Crippen LogP contribution in [0.3, 0.4) is 0 Å². The summed E-state index contributed by atoms with van der Waals surface area (Å²) in [6, 6.07) is 3.61. The van der Waals surface area contributed by atoms with Gasteiger partial charge in [-0.05, 0) is 12.1 Å². The van der Waals surface area contributed by atoms with Gasteiger partial charge in [-0.1, -0.05) is 6.07 Å². The van der Waals surface area contributed by atoms with Gasteiger partial charge < -0.3 is 10.2 Å². The molecule has 6 nitrogen and oxygen atoms in total. The summed E-state index contributed by atoms with van der Waals surface area (Å²) in [5.74, 6) is -2.96. The van der Waals surface area contributed by atoms with Gasteiger partial charge in [-0.25, -0.2) is 10.3 Å². The van der Waals surface area contributed by atoms with Crippen molar-refractivity contribution in [1.29, 1.82) is 0 Å². The van der Waals surface area contributed by atoms with Gasteiger partial charge in [0, 0.05) is 0 Å². The van der Waals surface area contributed by atoms with Crippen molar-refractivity contribution in [3.8, 4) is 5.75 Å². The summed E-state index contributed by atoms with van der Waals surface area (Å²) in [6.45, 7) is 0. The molecule has 0 saturated carbocycles. The Morgan fingerprint density at radius 1 is 1.29 bits per heavy atom. The van der Waals surface area contributed by atoms with Gasteiger partial charge in [-0.15, -0.1) is 0 Å². The molecule has 0 aliphatic carbocycles. The average Bonchev–Trinajstić information content (AvgIpc) is 2.15. The first-order valence-electron chi connectivity index (χ1n) is 3.57. The average molecular weight is 197 g/mol. The Balaban J connectivity index is 3.35. The highest BCUT2D eigenvalue weighted by Gasteiger charge is 2.19. The van der Waals surface area contributed by atoms with E-state index in [4.69, 9.17) is 15.4 Å². The molecule has 0 unspecified atom stereocenters. The third kappa shape index (κ3) is 1.64. The van der Waals surface area contributed by atoms with Crippen molar-refractivity contribution in [3.63, 3.8) is 0 Å². The first-order chi connectivity index (χ1) is 6.57. The van der Waals surface area contributed by atoms with E-state index in [1.807, 2.05) is 0 Å². The molecule has 0 radical (unpaired) electrons. The SMILES string of the molecule is O=C(NO)c1cccc(O)c1C(=O)O. The molecule has 1 aromatic rings. The van der Waals surface area contributed by atoms with E-state index in [0.717, 1.165) is 6.07 Å². The number of hydrogen-bond acceptors (Lipinski definition) is 4. The van der Waals surface area contributed by atoms with E-state index < -0.39 is 23.2 Å². The molecule has 0 aromatic heterocycles. The third-order valence-electron chi connectivity index (χ3n) is 1.60. The molecular formula is C8H7NO5. The van der Waals surface area contributed by atoms with E-state index in [-0.39, 0.29) is 5.56 Å². The fraction of sp³-hybridized carbons (Fsp3) is 0. The second-order valence-corrected chi connectivity index (χ2v) is 2.45. The van der Waals surface area contributed by atoms with Gasteiger partial charge in [0.1, 0.15) is 11.3 Å². The first kappa shape index (κ1) is 10.0. The number of rotatable bonds is 2. The summed E-state index contributed by atoms with van der Waals surface area (Å²) in [5, 5.41) is 26.1. The lowest BCUT2D eigenvalue weighted by Crippen LogP contribution is -2.21. The standard InChI is InChI=1S/C8H7NO5/c10-5-3-1-2-4(7(11)9-14)6(5)8(12)13/h1-3,10,14H,(H,9,11)(H,12,13). The van der Waals surface area contributed by atoms with E-state index in [0.29, 0.717) is 0 Å². The topological polar surface area (TPSA) is 107 Å². The molecule has 0 saturated heterocycles. The van der Waals surface area contributed by atoms with Crippen molar-refractivity contribution < 1.29 is 25.0 Å². The number of nitrogens with one attached hydrogen (secondary N) is 1. The highest BCUT2D eigenvalue weighted by Crippen LogP contribution is 2.20. The Morgan fingerprint density at radius 3 is 2.43 bits per heavy atom. The molecule has 4 N–H and O–H groups in total. The van der Waals surface area contributed by atoms with Crippen molar-refractivity contribution in [2.75, 3.05) is 0 Å². The second kappa shape index (κ2) is 3.75. The molecule has 1 rings (SSSR count). The van der Waals surface area contributed by atoms with Crippen LogP contribution in [-0.2, 0) is 0 Å². The molecule has 1 amide bonds. The van der Waals surface area contributed by atoms with Crippen LogP contribution in [0.25, 0.3) is 0 Å². The van der Waals surface area contributed by atoms with E-state index in [2.05, 4.69) is 0 Å². The van der Waals surface area contributed by atoms with Crippen LogP contribution in [0.5, 0.6) is 5.75 Å². The monoisotopic (exact) mass is 197 g/mol. The number of carboxylic acid groups (broad SMARTS) is 1. The number of carbonyl (C=O) groups is 2. The Kier molecular flexibility index (Phi) is 2.68. The van der Waals surface area contributed by atoms with Crippen LogP contribution in [0.2, 0.25) is 0 Å². The molecule has 0 heterocycles. The van der Waals surface area contributed by atoms with Gasteiger partial charge in [-0.2, -0.15) is 0 Å². The minimum absolute atomic E-state index is 0.306. The minimum Gasteiger partial charge on any atom is -0.507 e. The molecule has 0 spiro atoms. The second-order valence-electron chi connectivity index (χ2n) is 2.45. The lowest BCUT2D eigenvalue weighted by Gasteiger charge is -2.04. The maximum absolute atomic E-state index is 11.0. The number of amides is 1. The smallest absolute Gasteiger partial charge is 0.340 e. The van der Waals surface area contributed by atoms with Gasteiger partial charge in [0.25, 0.3) is 5.91 Å². The van der Waals surface area contributed by atoms with E-state index in [9.17, 15) is 9.59 Å². The van der Waals surface area contributed by atoms with Crippen LogP contribution in [0.4, 0.5) is 0 Å². The van der Waals surface area contributed by atoms with Crippen LogP contribution in [-0.4, -0.2) is 27.3 Å². The molecule has 74 valence electrons. The lowest BCUT2D eigenvalue weighted by molar-refractivity contribution is 0.0659. The largest absolute Gasteiger partial charge is 0.507 e. The maximum Gasteiger partial charge on any atom is 0.340 e. The van der Waals surface area contributed by atoms with E-state index in [1.54, 1.807) is 0 Å². The minimum atomic E-state index is -1.44. The zero-order valence-electron chi connectivity index (χ0n) is 6.89. The van der Waals surface area contributed by atoms with Crippen molar-refractivity contribution >= 4 is 11.9 Å². The van der Waals surface area contributed by atoms with Crippen LogP contribution in [0.1, 0.15) is 20.7 Å². The molecule has 1 aromatic carbocycles. The van der Waals surface area contributed by atoms with Crippen LogP contribution in [0.15, 0.2) is 18.2 Å². The fourth-order valence-corrected chi connectivity index (χ4v) is 1.01. The Morgan fingerprint density at radius 2 is 1.93 bits per heavy atom. The summed E-state index contributed by atoms with van der Waals surface area (Å²) < 4.78 is 0. The summed E-state index contributed by atoms with van der Waals surface area (Å²) in [5.41, 5.74) is 0.442. The molecule has 0 aliphatic rings. The van der Waals surface area contributed by atoms with Crippen molar-refractivity contribution in [1.82, 2.24) is 5.48 Å². The predicted octanol–water partition coefficient (Wildman–Crippen LogP) is 0.209. The Labute approximate surface area is 78.4 Å². The highest BCUT2D eigenvalue weighted by atomic mass is 16.5. The molecule has 6 heteroatoms. The predicted molar refractivity (Wildman–Crippen MR) is 44.3 cm³/mol. The molecular weight excluding hydrogens is 190 g/mol. The number of aromatic hydroxyl groups is 1. The number of benzene rings is 1. The Hall–Kier alpha value is -2.08. The van der Waals surface area contributed by atoms with Crippen molar-refractivity contribution in [2.24, 2.45) is 0 Å². The quantitative estimate of drug-likeness (QED) is 0.400. The van der Waals surface area contributed by atoms with Gasteiger partial charge >= 0.3 is 5.97 Å². The van der Waals surface area contributed by atoms with E-state index >= 15 is 0 Å². The van der Waals surface area contributed by atoms with E-state index in [1.165, 1.54) is 17.6 Å². The zero-order valence-corrected chi connectivity index (χ0v) is 6.89. The van der Waals surface area contributed by atoms with Gasteiger partial charge in [0.15, 0.2) is 0 Å². The zero-order chi connectivity index (χ0) is 10.7. The maximum atomic E-state index is 11.0. The van der Waals surface area contributed by atoms with Gasteiger partial charge in [0.05, 0.1) is 5.56 Å². The number of aromatic carboxylic acids is 1. The van der Waals surface area contributed by atoms with Gasteiger partial charge in [-0.3, -0.25) is 10.0 Å². The molecule has 0 fully saturated rings. The number of carboxylic acids is 1. The summed E-state index contributed by atoms with van der Waals surface area (Å²) in [6.07, 6.45) is 0. The summed E-state index contributed by atoms with van der Waals surface area (Å²) in [7, 11) is 0. The summed E-state index contributed by atoms with van der Waals surface area (Å²) >= 11 is 0. The van der Waals surface area contributed by atoms with Crippen LogP contribution in [0, 0.1) is 0 Å². The Bertz CT molecular complexity index is 387. The van der Waals surface area contributed by atoms with Crippen molar-refractivity contribution in [3.05, 3.63) is 29.3 Å². The van der Waals surface area contributed by atoms with Crippen LogP contribution >= 0.6 is 0 Å². The van der Waals surface area contributed by atoms with Crippen LogP contribution < -0.4 is 5.48 Å².